The molecule has 0 fully saturated rings. The summed E-state index contributed by atoms with van der Waals surface area (Å²) in [7, 11) is 1.69. The second kappa shape index (κ2) is 8.46. The molecule has 0 aliphatic rings. The lowest BCUT2D eigenvalue weighted by Crippen LogP contribution is -2.39. The molecule has 4 heteroatoms. The van der Waals surface area contributed by atoms with Gasteiger partial charge in [-0.3, -0.25) is 9.69 Å². The summed E-state index contributed by atoms with van der Waals surface area (Å²) in [6.07, 6.45) is 1.03. The highest BCUT2D eigenvalue weighted by molar-refractivity contribution is 9.10. The molecule has 0 spiro atoms. The summed E-state index contributed by atoms with van der Waals surface area (Å²) < 4.78 is 6.10. The molecule has 0 N–H and O–H groups in total. The predicted octanol–water partition coefficient (Wildman–Crippen LogP) is 3.38. The van der Waals surface area contributed by atoms with E-state index in [1.807, 2.05) is 24.3 Å². The zero-order valence-electron chi connectivity index (χ0n) is 11.9. The smallest absolute Gasteiger partial charge is 0.176 e. The average molecular weight is 328 g/mol. The zero-order chi connectivity index (χ0) is 14.3. The maximum atomic E-state index is 12.3. The Balaban J connectivity index is 2.66. The van der Waals surface area contributed by atoms with Crippen LogP contribution in [-0.2, 0) is 4.74 Å². The number of carbonyl (C=O) groups excluding carboxylic acids is 1. The lowest BCUT2D eigenvalue weighted by Gasteiger charge is -2.27. The molecule has 0 heterocycles. The molecule has 3 nitrogen and oxygen atoms in total. The molecule has 106 valence electrons. The van der Waals surface area contributed by atoms with Gasteiger partial charge in [0.25, 0.3) is 0 Å². The molecule has 0 aliphatic heterocycles. The van der Waals surface area contributed by atoms with E-state index in [9.17, 15) is 4.79 Å². The first-order valence-corrected chi connectivity index (χ1v) is 7.39. The fourth-order valence-electron chi connectivity index (χ4n) is 1.83. The number of ketones is 1. The first kappa shape index (κ1) is 16.3. The normalized spacial score (nSPS) is 12.7. The van der Waals surface area contributed by atoms with Crippen LogP contribution in [0.25, 0.3) is 0 Å². The average Bonchev–Trinajstić information content (AvgIpc) is 2.43. The van der Waals surface area contributed by atoms with E-state index in [0.29, 0.717) is 19.2 Å². The van der Waals surface area contributed by atoms with E-state index in [-0.39, 0.29) is 5.78 Å². The summed E-state index contributed by atoms with van der Waals surface area (Å²) in [4.78, 5) is 14.4. The summed E-state index contributed by atoms with van der Waals surface area (Å²) >= 11 is 3.38. The van der Waals surface area contributed by atoms with Crippen molar-refractivity contribution in [2.75, 3.05) is 26.8 Å². The number of ether oxygens (including phenoxy) is 1. The van der Waals surface area contributed by atoms with E-state index < -0.39 is 0 Å². The molecule has 1 atom stereocenters. The van der Waals surface area contributed by atoms with Gasteiger partial charge in [0.05, 0.1) is 13.2 Å². The van der Waals surface area contributed by atoms with Gasteiger partial charge in [0, 0.05) is 29.7 Å². The van der Waals surface area contributed by atoms with E-state index in [1.54, 1.807) is 7.11 Å². The first-order valence-electron chi connectivity index (χ1n) is 6.60. The number of carbonyl (C=O) groups is 1. The Hall–Kier alpha value is -0.710. The summed E-state index contributed by atoms with van der Waals surface area (Å²) in [6, 6.07) is 7.90. The van der Waals surface area contributed by atoms with Crippen LogP contribution in [0.1, 0.15) is 30.6 Å². The third-order valence-electron chi connectivity index (χ3n) is 3.31. The highest BCUT2D eigenvalue weighted by Crippen LogP contribution is 2.12. The Labute approximate surface area is 124 Å². The van der Waals surface area contributed by atoms with Crippen molar-refractivity contribution in [2.24, 2.45) is 0 Å². The maximum absolute atomic E-state index is 12.3. The van der Waals surface area contributed by atoms with Gasteiger partial charge >= 0.3 is 0 Å². The lowest BCUT2D eigenvalue weighted by molar-refractivity contribution is 0.0834. The van der Waals surface area contributed by atoms with E-state index >= 15 is 0 Å². The minimum atomic E-state index is 0.156. The number of halogens is 1. The van der Waals surface area contributed by atoms with Crippen molar-refractivity contribution in [1.82, 2.24) is 4.90 Å². The molecule has 0 amide bonds. The Morgan fingerprint density at radius 3 is 2.53 bits per heavy atom. The van der Waals surface area contributed by atoms with Crippen LogP contribution in [0.2, 0.25) is 0 Å². The number of methoxy groups -OCH3 is 1. The summed E-state index contributed by atoms with van der Waals surface area (Å²) in [5.74, 6) is 0.156. The van der Waals surface area contributed by atoms with Crippen molar-refractivity contribution < 1.29 is 9.53 Å². The fourth-order valence-corrected chi connectivity index (χ4v) is 2.10. The van der Waals surface area contributed by atoms with Gasteiger partial charge in [-0.05, 0) is 25.5 Å². The van der Waals surface area contributed by atoms with Gasteiger partial charge < -0.3 is 4.74 Å². The summed E-state index contributed by atoms with van der Waals surface area (Å²) in [5, 5.41) is 0. The number of nitrogens with zero attached hydrogens (tertiary/aromatic N) is 1. The predicted molar refractivity (Wildman–Crippen MR) is 81.7 cm³/mol. The van der Waals surface area contributed by atoms with Crippen LogP contribution >= 0.6 is 15.9 Å². The Morgan fingerprint density at radius 2 is 2.00 bits per heavy atom. The molecular weight excluding hydrogens is 306 g/mol. The fraction of sp³-hybridized carbons (Fsp3) is 0.533. The van der Waals surface area contributed by atoms with Crippen LogP contribution in [0.3, 0.4) is 0 Å². The summed E-state index contributed by atoms with van der Waals surface area (Å²) in [6.45, 7) is 6.16. The van der Waals surface area contributed by atoms with Gasteiger partial charge in [-0.1, -0.05) is 35.0 Å². The topological polar surface area (TPSA) is 29.5 Å². The second-order valence-corrected chi connectivity index (χ2v) is 5.57. The van der Waals surface area contributed by atoms with Crippen LogP contribution in [0.4, 0.5) is 0 Å². The van der Waals surface area contributed by atoms with Crippen LogP contribution in [-0.4, -0.2) is 43.5 Å². The number of rotatable bonds is 8. The first-order chi connectivity index (χ1) is 9.08. The zero-order valence-corrected chi connectivity index (χ0v) is 13.4. The quantitative estimate of drug-likeness (QED) is 0.685. The molecule has 0 aliphatic carbocycles. The standard InChI is InChI=1S/C15H22BrNO2/c1-4-12(2)17(9-10-19-3)11-15(18)13-5-7-14(16)8-6-13/h5-8,12H,4,9-11H2,1-3H3. The van der Waals surface area contributed by atoms with E-state index in [0.717, 1.165) is 23.0 Å². The second-order valence-electron chi connectivity index (χ2n) is 4.65. The molecule has 0 saturated heterocycles. The van der Waals surface area contributed by atoms with Gasteiger partial charge in [0.15, 0.2) is 5.78 Å². The third-order valence-corrected chi connectivity index (χ3v) is 3.84. The largest absolute Gasteiger partial charge is 0.383 e. The summed E-state index contributed by atoms with van der Waals surface area (Å²) in [5.41, 5.74) is 0.758. The lowest BCUT2D eigenvalue weighted by atomic mass is 10.1. The van der Waals surface area contributed by atoms with Crippen molar-refractivity contribution in [1.29, 1.82) is 0 Å². The van der Waals surface area contributed by atoms with Crippen molar-refractivity contribution in [3.05, 3.63) is 34.3 Å². The van der Waals surface area contributed by atoms with Gasteiger partial charge in [-0.2, -0.15) is 0 Å². The van der Waals surface area contributed by atoms with Crippen LogP contribution in [0.15, 0.2) is 28.7 Å². The van der Waals surface area contributed by atoms with Gasteiger partial charge in [-0.25, -0.2) is 0 Å². The van der Waals surface area contributed by atoms with Gasteiger partial charge in [0.2, 0.25) is 0 Å². The third kappa shape index (κ3) is 5.43. The number of Topliss-reactive ketones (excluding diaryl/α,β-unsaturated/α-hetero) is 1. The van der Waals surface area contributed by atoms with E-state index in [2.05, 4.69) is 34.7 Å². The minimum Gasteiger partial charge on any atom is -0.383 e. The highest BCUT2D eigenvalue weighted by atomic mass is 79.9. The molecule has 1 aromatic carbocycles. The number of hydrogen-bond acceptors (Lipinski definition) is 3. The van der Waals surface area contributed by atoms with Crippen LogP contribution < -0.4 is 0 Å². The molecular formula is C15H22BrNO2. The highest BCUT2D eigenvalue weighted by Gasteiger charge is 2.16. The minimum absolute atomic E-state index is 0.156. The van der Waals surface area contributed by atoms with Crippen molar-refractivity contribution in [3.63, 3.8) is 0 Å². The van der Waals surface area contributed by atoms with E-state index in [1.165, 1.54) is 0 Å². The monoisotopic (exact) mass is 327 g/mol. The molecule has 19 heavy (non-hydrogen) atoms. The Morgan fingerprint density at radius 1 is 1.37 bits per heavy atom. The Kier molecular flexibility index (Phi) is 7.28. The molecule has 0 aromatic heterocycles. The van der Waals surface area contributed by atoms with Gasteiger partial charge in [-0.15, -0.1) is 0 Å². The molecule has 1 unspecified atom stereocenters. The van der Waals surface area contributed by atoms with Crippen molar-refractivity contribution in [3.8, 4) is 0 Å². The van der Waals surface area contributed by atoms with Crippen molar-refractivity contribution >= 4 is 21.7 Å². The molecule has 1 rings (SSSR count). The number of hydrogen-bond donors (Lipinski definition) is 0. The van der Waals surface area contributed by atoms with Gasteiger partial charge in [0.1, 0.15) is 0 Å². The van der Waals surface area contributed by atoms with Crippen LogP contribution in [0, 0.1) is 0 Å². The Bertz CT molecular complexity index is 392. The molecule has 0 saturated carbocycles. The van der Waals surface area contributed by atoms with Crippen molar-refractivity contribution in [2.45, 2.75) is 26.3 Å². The number of benzene rings is 1. The molecule has 0 bridgehead atoms. The molecule has 1 aromatic rings. The van der Waals surface area contributed by atoms with Crippen LogP contribution in [0.5, 0.6) is 0 Å². The van der Waals surface area contributed by atoms with E-state index in [4.69, 9.17) is 4.74 Å². The molecule has 0 radical (unpaired) electrons. The SMILES string of the molecule is CCC(C)N(CCOC)CC(=O)c1ccc(Br)cc1. The maximum Gasteiger partial charge on any atom is 0.176 e.